The van der Waals surface area contributed by atoms with Gasteiger partial charge in [-0.2, -0.15) is 0 Å². The van der Waals surface area contributed by atoms with Gasteiger partial charge in [0.1, 0.15) is 0 Å². The van der Waals surface area contributed by atoms with Crippen molar-refractivity contribution in [2.24, 2.45) is 0 Å². The first-order chi connectivity index (χ1) is 23.4. The number of hydrogen-bond donors (Lipinski definition) is 0. The van der Waals surface area contributed by atoms with Gasteiger partial charge in [-0.1, -0.05) is 112 Å². The van der Waals surface area contributed by atoms with Crippen LogP contribution < -0.4 is 0 Å². The average molecular weight is 635 g/mol. The van der Waals surface area contributed by atoms with E-state index in [1.54, 1.807) is 12.1 Å². The minimum atomic E-state index is -0.455. The van der Waals surface area contributed by atoms with Gasteiger partial charge in [-0.25, -0.2) is 0 Å². The molecule has 0 bridgehead atoms. The van der Waals surface area contributed by atoms with Crippen molar-refractivity contribution in [1.29, 1.82) is 0 Å². The van der Waals surface area contributed by atoms with E-state index in [9.17, 15) is 19.2 Å². The highest BCUT2D eigenvalue weighted by Gasteiger charge is 2.42. The van der Waals surface area contributed by atoms with Crippen LogP contribution in [0.4, 0.5) is 0 Å². The molecule has 6 heteroatoms. The van der Waals surface area contributed by atoms with E-state index in [2.05, 4.69) is 37.5 Å². The third-order valence-electron chi connectivity index (χ3n) is 8.97. The van der Waals surface area contributed by atoms with Gasteiger partial charge in [-0.15, -0.1) is 0 Å². The molecule has 2 heterocycles. The molecule has 0 fully saturated rings. The van der Waals surface area contributed by atoms with Crippen LogP contribution in [0, 0.1) is 23.7 Å². The van der Waals surface area contributed by atoms with Gasteiger partial charge in [0.2, 0.25) is 0 Å². The maximum absolute atomic E-state index is 14.3. The Labute approximate surface area is 282 Å². The van der Waals surface area contributed by atoms with E-state index in [1.807, 2.05) is 60.7 Å². The summed E-state index contributed by atoms with van der Waals surface area (Å²) < 4.78 is 0. The fraction of sp³-hybridized carbons (Fsp3) is 0.286. The summed E-state index contributed by atoms with van der Waals surface area (Å²) in [5.41, 5.74) is 3.26. The van der Waals surface area contributed by atoms with Gasteiger partial charge in [0.25, 0.3) is 23.6 Å². The molecule has 2 aliphatic rings. The molecule has 0 N–H and O–H groups in total. The number of nitrogens with zero attached hydrogens (tertiary/aromatic N) is 2. The van der Waals surface area contributed by atoms with Crippen molar-refractivity contribution in [3.05, 3.63) is 117 Å². The molecule has 240 valence electrons. The van der Waals surface area contributed by atoms with E-state index < -0.39 is 23.6 Å². The van der Waals surface area contributed by atoms with Crippen molar-refractivity contribution in [3.63, 3.8) is 0 Å². The molecule has 4 amide bonds. The fourth-order valence-corrected chi connectivity index (χ4v) is 6.48. The molecule has 0 saturated carbocycles. The number of unbranched alkanes of at least 4 members (excludes halogenated alkanes) is 6. The number of carbonyl (C=O) groups excluding carboxylic acids is 4. The molecule has 0 atom stereocenters. The summed E-state index contributed by atoms with van der Waals surface area (Å²) in [6, 6.07) is 22.1. The lowest BCUT2D eigenvalue weighted by molar-refractivity contribution is 0.0585. The number of amides is 4. The lowest BCUT2D eigenvalue weighted by Crippen LogP contribution is -2.44. The predicted octanol–water partition coefficient (Wildman–Crippen LogP) is 7.99. The maximum atomic E-state index is 14.3. The number of benzene rings is 4. The molecule has 2 aliphatic heterocycles. The smallest absolute Gasteiger partial charge is 0.262 e. The molecule has 4 aromatic rings. The minimum absolute atomic E-state index is 0.253. The van der Waals surface area contributed by atoms with Crippen molar-refractivity contribution in [2.75, 3.05) is 13.1 Å². The Morgan fingerprint density at radius 2 is 0.875 bits per heavy atom. The zero-order valence-electron chi connectivity index (χ0n) is 27.5. The summed E-state index contributed by atoms with van der Waals surface area (Å²) in [6.45, 7) is 4.75. The van der Waals surface area contributed by atoms with Crippen LogP contribution in [0.15, 0.2) is 72.8 Å². The van der Waals surface area contributed by atoms with Gasteiger partial charge in [0, 0.05) is 57.2 Å². The molecule has 48 heavy (non-hydrogen) atoms. The third-order valence-corrected chi connectivity index (χ3v) is 8.97. The molecular weight excluding hydrogens is 596 g/mol. The highest BCUT2D eigenvalue weighted by molar-refractivity contribution is 6.34. The average Bonchev–Trinajstić information content (AvgIpc) is 3.11. The van der Waals surface area contributed by atoms with Gasteiger partial charge in [0.15, 0.2) is 0 Å². The molecule has 0 radical (unpaired) electrons. The van der Waals surface area contributed by atoms with Crippen LogP contribution in [0.2, 0.25) is 0 Å². The quantitative estimate of drug-likeness (QED) is 0.101. The van der Waals surface area contributed by atoms with Crippen molar-refractivity contribution in [1.82, 2.24) is 9.80 Å². The lowest BCUT2D eigenvalue weighted by atomic mass is 9.81. The SMILES string of the molecule is CCCCCCN1C(=O)c2cc(C#Cc3ccccc3)c3c4c(cc(C#Cc5ccccc5)c(c24)C1=O)C(=O)N(CCCCCC)C3=O. The summed E-state index contributed by atoms with van der Waals surface area (Å²) in [7, 11) is 0. The zero-order chi connectivity index (χ0) is 33.6. The molecule has 0 aromatic heterocycles. The van der Waals surface area contributed by atoms with Crippen LogP contribution >= 0.6 is 0 Å². The molecule has 4 aromatic carbocycles. The second-order valence-electron chi connectivity index (χ2n) is 12.3. The fourth-order valence-electron chi connectivity index (χ4n) is 6.48. The second-order valence-corrected chi connectivity index (χ2v) is 12.3. The van der Waals surface area contributed by atoms with Crippen molar-refractivity contribution >= 4 is 34.4 Å². The summed E-state index contributed by atoms with van der Waals surface area (Å²) in [6.07, 6.45) is 7.18. The third kappa shape index (κ3) is 6.27. The highest BCUT2D eigenvalue weighted by Crippen LogP contribution is 2.41. The minimum Gasteiger partial charge on any atom is -0.274 e. The largest absolute Gasteiger partial charge is 0.274 e. The number of imide groups is 2. The summed E-state index contributed by atoms with van der Waals surface area (Å²) in [5.74, 6) is 10.8. The van der Waals surface area contributed by atoms with Gasteiger partial charge < -0.3 is 0 Å². The van der Waals surface area contributed by atoms with Crippen LogP contribution in [-0.4, -0.2) is 46.5 Å². The molecule has 6 rings (SSSR count). The van der Waals surface area contributed by atoms with Crippen molar-refractivity contribution in [3.8, 4) is 23.7 Å². The topological polar surface area (TPSA) is 74.8 Å². The Bertz CT molecular complexity index is 1890. The molecule has 0 spiro atoms. The van der Waals surface area contributed by atoms with E-state index in [-0.39, 0.29) is 35.3 Å². The van der Waals surface area contributed by atoms with Crippen LogP contribution in [0.25, 0.3) is 10.8 Å². The highest BCUT2D eigenvalue weighted by atomic mass is 16.2. The van der Waals surface area contributed by atoms with Crippen molar-refractivity contribution in [2.45, 2.75) is 65.2 Å². The van der Waals surface area contributed by atoms with Gasteiger partial charge in [-0.05, 0) is 49.2 Å². The molecular formula is C42H38N2O4. The Balaban J connectivity index is 1.61. The normalized spacial score (nSPS) is 13.4. The van der Waals surface area contributed by atoms with Gasteiger partial charge >= 0.3 is 0 Å². The number of hydrogen-bond acceptors (Lipinski definition) is 4. The van der Waals surface area contributed by atoms with Gasteiger partial charge in [-0.3, -0.25) is 29.0 Å². The Kier molecular flexibility index (Phi) is 9.83. The Morgan fingerprint density at radius 1 is 0.479 bits per heavy atom. The zero-order valence-corrected chi connectivity index (χ0v) is 27.5. The summed E-state index contributed by atoms with van der Waals surface area (Å²) in [5, 5.41) is 0.634. The van der Waals surface area contributed by atoms with Crippen molar-refractivity contribution < 1.29 is 19.2 Å². The lowest BCUT2D eigenvalue weighted by Gasteiger charge is -2.33. The van der Waals surface area contributed by atoms with Crippen LogP contribution in [0.5, 0.6) is 0 Å². The standard InChI is InChI=1S/C42H38N2O4/c1-3-5-7-15-25-43-39(45)33-27-32(24-22-30-19-13-10-14-20-30)36-38-34(40(46)44(42(36)48)26-16-8-6-4-2)28-31(35(37(33)38)41(43)47)23-21-29-17-11-9-12-18-29/h9-14,17-20,27-28H,3-8,15-16,25-26H2,1-2H3. The predicted molar refractivity (Wildman–Crippen MR) is 188 cm³/mol. The van der Waals surface area contributed by atoms with Crippen LogP contribution in [0.3, 0.4) is 0 Å². The summed E-state index contributed by atoms with van der Waals surface area (Å²) in [4.78, 5) is 59.6. The van der Waals surface area contributed by atoms with Crippen LogP contribution in [0.1, 0.15) is 129 Å². The first-order valence-electron chi connectivity index (χ1n) is 17.0. The number of rotatable bonds is 10. The number of carbonyl (C=O) groups is 4. The molecule has 0 unspecified atom stereocenters. The molecule has 0 aliphatic carbocycles. The molecule has 6 nitrogen and oxygen atoms in total. The first kappa shape index (κ1) is 32.5. The molecule has 0 saturated heterocycles. The second kappa shape index (κ2) is 14.5. The van der Waals surface area contributed by atoms with Gasteiger partial charge in [0.05, 0.1) is 11.1 Å². The van der Waals surface area contributed by atoms with E-state index in [1.165, 1.54) is 9.80 Å². The first-order valence-corrected chi connectivity index (χ1v) is 17.0. The Morgan fingerprint density at radius 3 is 1.25 bits per heavy atom. The summed E-state index contributed by atoms with van der Waals surface area (Å²) >= 11 is 0. The van der Waals surface area contributed by atoms with E-state index in [0.717, 1.165) is 49.7 Å². The monoisotopic (exact) mass is 634 g/mol. The van der Waals surface area contributed by atoms with Crippen LogP contribution in [-0.2, 0) is 0 Å². The maximum Gasteiger partial charge on any atom is 0.262 e. The van der Waals surface area contributed by atoms with E-state index >= 15 is 0 Å². The Hall–Kier alpha value is -5.46. The van der Waals surface area contributed by atoms with E-state index in [0.29, 0.717) is 34.7 Å². The van der Waals surface area contributed by atoms with E-state index in [4.69, 9.17) is 0 Å².